The second kappa shape index (κ2) is 7.19. The van der Waals surface area contributed by atoms with Gasteiger partial charge in [-0.05, 0) is 38.0 Å². The normalized spacial score (nSPS) is 12.7. The Labute approximate surface area is 156 Å². The zero-order chi connectivity index (χ0) is 20.7. The average Bonchev–Trinajstić information content (AvgIpc) is 2.54. The molecule has 0 bridgehead atoms. The van der Waals surface area contributed by atoms with Crippen molar-refractivity contribution in [3.63, 3.8) is 0 Å². The van der Waals surface area contributed by atoms with Gasteiger partial charge in [0.1, 0.15) is 11.5 Å². The second-order valence-corrected chi connectivity index (χ2v) is 6.76. The quantitative estimate of drug-likeness (QED) is 0.584. The highest BCUT2D eigenvalue weighted by Crippen LogP contribution is 2.29. The van der Waals surface area contributed by atoms with E-state index in [0.29, 0.717) is 4.57 Å². The molecular formula is C17H14ClF4N3O2. The van der Waals surface area contributed by atoms with Crippen molar-refractivity contribution in [2.24, 2.45) is 7.05 Å². The van der Waals surface area contributed by atoms with E-state index in [-0.39, 0.29) is 22.1 Å². The third-order valence-corrected chi connectivity index (χ3v) is 4.15. The van der Waals surface area contributed by atoms with Gasteiger partial charge in [0.05, 0.1) is 17.3 Å². The Morgan fingerprint density at radius 1 is 1.30 bits per heavy atom. The first-order chi connectivity index (χ1) is 12.4. The number of nitrogens with zero attached hydrogens (tertiary/aromatic N) is 3. The number of halogens is 5. The van der Waals surface area contributed by atoms with Crippen LogP contribution in [0.15, 0.2) is 21.7 Å². The monoisotopic (exact) mass is 403 g/mol. The van der Waals surface area contributed by atoms with E-state index < -0.39 is 45.6 Å². The highest BCUT2D eigenvalue weighted by Gasteiger charge is 2.38. The molecule has 144 valence electrons. The molecule has 0 N–H and O–H groups in total. The summed E-state index contributed by atoms with van der Waals surface area (Å²) in [5.41, 5.74) is -5.12. The molecule has 5 nitrogen and oxygen atoms in total. The van der Waals surface area contributed by atoms with E-state index in [1.807, 2.05) is 0 Å². The summed E-state index contributed by atoms with van der Waals surface area (Å²) in [6, 6.07) is 3.69. The lowest BCUT2D eigenvalue weighted by molar-refractivity contribution is -0.144. The highest BCUT2D eigenvalue weighted by molar-refractivity contribution is 6.20. The summed E-state index contributed by atoms with van der Waals surface area (Å²) in [5.74, 6) is -1.09. The Morgan fingerprint density at radius 3 is 2.37 bits per heavy atom. The van der Waals surface area contributed by atoms with Crippen LogP contribution in [0.2, 0.25) is 0 Å². The largest absolute Gasteiger partial charge is 0.432 e. The van der Waals surface area contributed by atoms with Crippen molar-refractivity contribution in [3.8, 4) is 11.8 Å². The fraction of sp³-hybridized carbons (Fsp3) is 0.353. The molecule has 0 aliphatic carbocycles. The fourth-order valence-electron chi connectivity index (χ4n) is 2.82. The van der Waals surface area contributed by atoms with Gasteiger partial charge < -0.3 is 0 Å². The Balaban J connectivity index is 2.90. The van der Waals surface area contributed by atoms with Crippen LogP contribution >= 0.6 is 11.6 Å². The summed E-state index contributed by atoms with van der Waals surface area (Å²) in [6.45, 7) is 2.53. The number of hydrogen-bond donors (Lipinski definition) is 0. The molecule has 10 heteroatoms. The minimum atomic E-state index is -4.93. The van der Waals surface area contributed by atoms with Gasteiger partial charge >= 0.3 is 11.9 Å². The molecule has 0 fully saturated rings. The summed E-state index contributed by atoms with van der Waals surface area (Å²) in [6.07, 6.45) is -4.80. The van der Waals surface area contributed by atoms with Crippen LogP contribution in [0.25, 0.3) is 5.69 Å². The van der Waals surface area contributed by atoms with Gasteiger partial charge in [-0.25, -0.2) is 13.8 Å². The van der Waals surface area contributed by atoms with E-state index >= 15 is 0 Å². The van der Waals surface area contributed by atoms with Crippen LogP contribution in [-0.2, 0) is 19.6 Å². The first-order valence-electron chi connectivity index (χ1n) is 7.67. The van der Waals surface area contributed by atoms with Crippen molar-refractivity contribution in [3.05, 3.63) is 61.2 Å². The zero-order valence-corrected chi connectivity index (χ0v) is 15.2. The molecule has 2 rings (SSSR count). The number of nitriles is 1. The maximum absolute atomic E-state index is 14.5. The van der Waals surface area contributed by atoms with E-state index in [0.717, 1.165) is 26.1 Å². The topological polar surface area (TPSA) is 67.8 Å². The summed E-state index contributed by atoms with van der Waals surface area (Å²) in [5, 5.41) is 8.68. The molecule has 0 radical (unpaired) electrons. The standard InChI is InChI=1S/C17H14ClF4N3O2/c1-8(18)4-10-6-13(12(19)5-11(10)7-23)25-15(26)9(2)14(17(20,21)22)24(3)16(25)27/h5-6,8H,4H2,1-3H3. The lowest BCUT2D eigenvalue weighted by Gasteiger charge is -2.18. The molecule has 2 aromatic rings. The van der Waals surface area contributed by atoms with E-state index in [1.54, 1.807) is 13.0 Å². The molecule has 0 saturated carbocycles. The SMILES string of the molecule is Cc1c(C(F)(F)F)n(C)c(=O)n(-c2cc(CC(C)Cl)c(C#N)cc2F)c1=O. The van der Waals surface area contributed by atoms with Crippen LogP contribution in [0, 0.1) is 24.1 Å². The minimum Gasteiger partial charge on any atom is -0.292 e. The molecule has 0 amide bonds. The molecule has 0 aliphatic rings. The van der Waals surface area contributed by atoms with E-state index in [1.165, 1.54) is 0 Å². The molecule has 1 aromatic carbocycles. The van der Waals surface area contributed by atoms with Crippen molar-refractivity contribution in [1.82, 2.24) is 9.13 Å². The predicted molar refractivity (Wildman–Crippen MR) is 90.7 cm³/mol. The van der Waals surface area contributed by atoms with Crippen LogP contribution < -0.4 is 11.2 Å². The Hall–Kier alpha value is -2.60. The number of benzene rings is 1. The van der Waals surface area contributed by atoms with Crippen LogP contribution in [0.1, 0.15) is 29.3 Å². The van der Waals surface area contributed by atoms with Gasteiger partial charge in [-0.2, -0.15) is 18.4 Å². The Morgan fingerprint density at radius 2 is 1.89 bits per heavy atom. The smallest absolute Gasteiger partial charge is 0.292 e. The third kappa shape index (κ3) is 3.76. The predicted octanol–water partition coefficient (Wildman–Crippen LogP) is 3.04. The molecule has 27 heavy (non-hydrogen) atoms. The summed E-state index contributed by atoms with van der Waals surface area (Å²) in [7, 11) is 0.845. The van der Waals surface area contributed by atoms with E-state index in [2.05, 4.69) is 0 Å². The molecular weight excluding hydrogens is 390 g/mol. The van der Waals surface area contributed by atoms with Crippen molar-refractivity contribution in [2.45, 2.75) is 31.8 Å². The first kappa shape index (κ1) is 20.7. The molecule has 1 unspecified atom stereocenters. The summed E-state index contributed by atoms with van der Waals surface area (Å²) >= 11 is 5.90. The lowest BCUT2D eigenvalue weighted by Crippen LogP contribution is -2.43. The maximum atomic E-state index is 14.5. The molecule has 0 aliphatic heterocycles. The molecule has 1 atom stereocenters. The number of alkyl halides is 4. The van der Waals surface area contributed by atoms with Gasteiger partial charge in [0.25, 0.3) is 5.56 Å². The first-order valence-corrected chi connectivity index (χ1v) is 8.10. The molecule has 1 heterocycles. The van der Waals surface area contributed by atoms with Crippen LogP contribution in [0.5, 0.6) is 0 Å². The van der Waals surface area contributed by atoms with Gasteiger partial charge in [-0.1, -0.05) is 0 Å². The van der Waals surface area contributed by atoms with Gasteiger partial charge in [0, 0.05) is 18.0 Å². The number of hydrogen-bond acceptors (Lipinski definition) is 3. The van der Waals surface area contributed by atoms with Crippen LogP contribution in [0.4, 0.5) is 17.6 Å². The van der Waals surface area contributed by atoms with Gasteiger partial charge in [0.2, 0.25) is 0 Å². The maximum Gasteiger partial charge on any atom is 0.432 e. The summed E-state index contributed by atoms with van der Waals surface area (Å²) in [4.78, 5) is 24.9. The summed E-state index contributed by atoms with van der Waals surface area (Å²) < 4.78 is 54.5. The third-order valence-electron chi connectivity index (χ3n) is 4.00. The lowest BCUT2D eigenvalue weighted by atomic mass is 10.0. The van der Waals surface area contributed by atoms with Crippen molar-refractivity contribution in [2.75, 3.05) is 0 Å². The average molecular weight is 404 g/mol. The number of aromatic nitrogens is 2. The van der Waals surface area contributed by atoms with Crippen LogP contribution in [0.3, 0.4) is 0 Å². The molecule has 0 saturated heterocycles. The Bertz CT molecular complexity index is 1030. The molecule has 0 spiro atoms. The van der Waals surface area contributed by atoms with Crippen molar-refractivity contribution in [1.29, 1.82) is 5.26 Å². The van der Waals surface area contributed by atoms with Crippen molar-refractivity contribution < 1.29 is 17.6 Å². The second-order valence-electron chi connectivity index (χ2n) is 6.01. The minimum absolute atomic E-state index is 0.0442. The van der Waals surface area contributed by atoms with Crippen molar-refractivity contribution >= 4 is 11.6 Å². The number of rotatable bonds is 3. The van der Waals surface area contributed by atoms with Gasteiger partial charge in [0.15, 0.2) is 0 Å². The zero-order valence-electron chi connectivity index (χ0n) is 14.5. The van der Waals surface area contributed by atoms with Gasteiger partial charge in [-0.3, -0.25) is 9.36 Å². The van der Waals surface area contributed by atoms with E-state index in [9.17, 15) is 27.2 Å². The fourth-order valence-corrected chi connectivity index (χ4v) is 2.99. The van der Waals surface area contributed by atoms with E-state index in [4.69, 9.17) is 16.9 Å². The molecule has 1 aromatic heterocycles. The Kier molecular flexibility index (Phi) is 5.52. The van der Waals surface area contributed by atoms with Crippen LogP contribution in [-0.4, -0.2) is 14.5 Å². The van der Waals surface area contributed by atoms with Gasteiger partial charge in [-0.15, -0.1) is 11.6 Å². The highest BCUT2D eigenvalue weighted by atomic mass is 35.5.